The fourth-order valence-electron chi connectivity index (χ4n) is 1.99. The first-order chi connectivity index (χ1) is 8.97. The monoisotopic (exact) mass is 305 g/mol. The van der Waals surface area contributed by atoms with Gasteiger partial charge in [-0.05, 0) is 36.8 Å². The van der Waals surface area contributed by atoms with Crippen molar-refractivity contribution in [1.29, 1.82) is 0 Å². The summed E-state index contributed by atoms with van der Waals surface area (Å²) < 4.78 is 13.3. The van der Waals surface area contributed by atoms with Gasteiger partial charge in [0.15, 0.2) is 0 Å². The number of halogens is 3. The lowest BCUT2D eigenvalue weighted by Crippen LogP contribution is -2.31. The van der Waals surface area contributed by atoms with Crippen molar-refractivity contribution < 1.29 is 14.3 Å². The number of amides is 1. The average molecular weight is 306 g/mol. The maximum atomic E-state index is 13.3. The average Bonchev–Trinajstić information content (AvgIpc) is 3.12. The molecule has 0 radical (unpaired) electrons. The number of carbonyl (C=O) groups is 1. The molecule has 6 heteroatoms. The summed E-state index contributed by atoms with van der Waals surface area (Å²) >= 11 is 11.4. The van der Waals surface area contributed by atoms with Crippen LogP contribution in [-0.2, 0) is 0 Å². The van der Waals surface area contributed by atoms with E-state index in [1.165, 1.54) is 6.07 Å². The van der Waals surface area contributed by atoms with Crippen molar-refractivity contribution in [2.75, 3.05) is 13.2 Å². The minimum Gasteiger partial charge on any atom is -0.396 e. The predicted molar refractivity (Wildman–Crippen MR) is 72.1 cm³/mol. The smallest absolute Gasteiger partial charge is 0.252 e. The molecule has 2 N–H and O–H groups in total. The van der Waals surface area contributed by atoms with Crippen LogP contribution in [0.5, 0.6) is 0 Å². The maximum Gasteiger partial charge on any atom is 0.252 e. The third-order valence-corrected chi connectivity index (χ3v) is 4.08. The summed E-state index contributed by atoms with van der Waals surface area (Å²) in [7, 11) is 0. The Balaban J connectivity index is 2.02. The lowest BCUT2D eigenvalue weighted by Gasteiger charge is -2.15. The van der Waals surface area contributed by atoms with E-state index in [0.29, 0.717) is 13.0 Å². The fourth-order valence-corrected chi connectivity index (χ4v) is 2.46. The Bertz CT molecular complexity index is 504. The highest BCUT2D eigenvalue weighted by atomic mass is 35.5. The number of carbonyl (C=O) groups excluding carboxylic acids is 1. The van der Waals surface area contributed by atoms with E-state index in [2.05, 4.69) is 5.32 Å². The Morgan fingerprint density at radius 2 is 2.05 bits per heavy atom. The molecule has 0 aromatic heterocycles. The molecule has 0 atom stereocenters. The molecule has 0 unspecified atom stereocenters. The molecule has 0 spiro atoms. The normalized spacial score (nSPS) is 16.2. The summed E-state index contributed by atoms with van der Waals surface area (Å²) in [4.78, 5) is 11.9. The van der Waals surface area contributed by atoms with Crippen molar-refractivity contribution in [3.05, 3.63) is 33.6 Å². The van der Waals surface area contributed by atoms with Gasteiger partial charge in [0.2, 0.25) is 0 Å². The van der Waals surface area contributed by atoms with Crippen molar-refractivity contribution in [2.45, 2.75) is 19.3 Å². The van der Waals surface area contributed by atoms with Gasteiger partial charge in [-0.25, -0.2) is 4.39 Å². The van der Waals surface area contributed by atoms with Gasteiger partial charge in [-0.2, -0.15) is 0 Å². The van der Waals surface area contributed by atoms with Crippen LogP contribution in [0.15, 0.2) is 12.1 Å². The summed E-state index contributed by atoms with van der Waals surface area (Å²) in [6.07, 6.45) is 2.63. The maximum absolute atomic E-state index is 13.3. The molecule has 0 bridgehead atoms. The zero-order valence-electron chi connectivity index (χ0n) is 10.2. The Kier molecular flexibility index (Phi) is 4.33. The quantitative estimate of drug-likeness (QED) is 0.822. The van der Waals surface area contributed by atoms with E-state index >= 15 is 0 Å². The minimum atomic E-state index is -0.673. The molecule has 2 rings (SSSR count). The van der Waals surface area contributed by atoms with Gasteiger partial charge in [-0.1, -0.05) is 23.2 Å². The second-order valence-electron chi connectivity index (χ2n) is 4.90. The van der Waals surface area contributed by atoms with Gasteiger partial charge in [0.05, 0.1) is 15.6 Å². The molecule has 1 fully saturated rings. The van der Waals surface area contributed by atoms with E-state index in [1.54, 1.807) is 0 Å². The zero-order valence-corrected chi connectivity index (χ0v) is 11.7. The Labute approximate surface area is 120 Å². The summed E-state index contributed by atoms with van der Waals surface area (Å²) in [6.45, 7) is 0.569. The molecule has 1 aliphatic carbocycles. The summed E-state index contributed by atoms with van der Waals surface area (Å²) in [6, 6.07) is 2.25. The second kappa shape index (κ2) is 5.65. The summed E-state index contributed by atoms with van der Waals surface area (Å²) in [5.74, 6) is -1.10. The SMILES string of the molecule is O=C(NCC1(CCO)CC1)c1cc(F)c(Cl)cc1Cl. The molecule has 0 saturated heterocycles. The van der Waals surface area contributed by atoms with Crippen molar-refractivity contribution in [3.8, 4) is 0 Å². The lowest BCUT2D eigenvalue weighted by molar-refractivity contribution is 0.0940. The Morgan fingerprint density at radius 3 is 2.63 bits per heavy atom. The van der Waals surface area contributed by atoms with Gasteiger partial charge in [0.25, 0.3) is 5.91 Å². The van der Waals surface area contributed by atoms with E-state index in [0.717, 1.165) is 18.9 Å². The standard InChI is InChI=1S/C13H14Cl2FNO2/c14-9-6-10(15)11(16)5-8(9)12(19)17-7-13(1-2-13)3-4-18/h5-6,18H,1-4,7H2,(H,17,19). The Morgan fingerprint density at radius 1 is 1.37 bits per heavy atom. The molecule has 104 valence electrons. The van der Waals surface area contributed by atoms with Crippen LogP contribution in [0, 0.1) is 11.2 Å². The van der Waals surface area contributed by atoms with E-state index in [-0.39, 0.29) is 27.6 Å². The molecule has 0 aliphatic heterocycles. The van der Waals surface area contributed by atoms with Crippen LogP contribution in [0.1, 0.15) is 29.6 Å². The van der Waals surface area contributed by atoms with Crippen molar-refractivity contribution in [3.63, 3.8) is 0 Å². The fraction of sp³-hybridized carbons (Fsp3) is 0.462. The van der Waals surface area contributed by atoms with E-state index in [9.17, 15) is 9.18 Å². The van der Waals surface area contributed by atoms with E-state index < -0.39 is 11.7 Å². The van der Waals surface area contributed by atoms with Crippen LogP contribution in [-0.4, -0.2) is 24.2 Å². The summed E-state index contributed by atoms with van der Waals surface area (Å²) in [5.41, 5.74) is 0.0744. The van der Waals surface area contributed by atoms with Crippen molar-refractivity contribution >= 4 is 29.1 Å². The predicted octanol–water partition coefficient (Wildman–Crippen LogP) is 3.02. The number of hydrogen-bond donors (Lipinski definition) is 2. The lowest BCUT2D eigenvalue weighted by atomic mass is 10.0. The number of hydrogen-bond acceptors (Lipinski definition) is 2. The number of nitrogens with one attached hydrogen (secondary N) is 1. The zero-order chi connectivity index (χ0) is 14.0. The summed E-state index contributed by atoms with van der Waals surface area (Å²) in [5, 5.41) is 11.7. The highest BCUT2D eigenvalue weighted by molar-refractivity contribution is 6.36. The van der Waals surface area contributed by atoms with Gasteiger partial charge < -0.3 is 10.4 Å². The number of rotatable bonds is 5. The minimum absolute atomic E-state index is 0.00184. The molecule has 1 aromatic rings. The first-order valence-electron chi connectivity index (χ1n) is 6.01. The molecule has 1 amide bonds. The molecule has 0 heterocycles. The Hall–Kier alpha value is -0.840. The van der Waals surface area contributed by atoms with Gasteiger partial charge in [0.1, 0.15) is 5.82 Å². The van der Waals surface area contributed by atoms with Crippen molar-refractivity contribution in [1.82, 2.24) is 5.32 Å². The van der Waals surface area contributed by atoms with Crippen LogP contribution >= 0.6 is 23.2 Å². The first-order valence-corrected chi connectivity index (χ1v) is 6.77. The molecule has 19 heavy (non-hydrogen) atoms. The largest absolute Gasteiger partial charge is 0.396 e. The van der Waals surface area contributed by atoms with Gasteiger partial charge >= 0.3 is 0 Å². The van der Waals surface area contributed by atoms with Gasteiger partial charge in [0, 0.05) is 13.2 Å². The van der Waals surface area contributed by atoms with Crippen LogP contribution in [0.2, 0.25) is 10.0 Å². The molecule has 1 aromatic carbocycles. The van der Waals surface area contributed by atoms with Gasteiger partial charge in [-0.3, -0.25) is 4.79 Å². The molecule has 1 saturated carbocycles. The number of aliphatic hydroxyl groups is 1. The molecular weight excluding hydrogens is 292 g/mol. The van der Waals surface area contributed by atoms with Crippen LogP contribution in [0.3, 0.4) is 0 Å². The highest BCUT2D eigenvalue weighted by Crippen LogP contribution is 2.47. The second-order valence-corrected chi connectivity index (χ2v) is 5.72. The van der Waals surface area contributed by atoms with Gasteiger partial charge in [-0.15, -0.1) is 0 Å². The third kappa shape index (κ3) is 3.38. The highest BCUT2D eigenvalue weighted by Gasteiger charge is 2.41. The topological polar surface area (TPSA) is 49.3 Å². The third-order valence-electron chi connectivity index (χ3n) is 3.48. The van der Waals surface area contributed by atoms with Crippen LogP contribution in [0.4, 0.5) is 4.39 Å². The first kappa shape index (κ1) is 14.6. The number of benzene rings is 1. The van der Waals surface area contributed by atoms with E-state index in [1.807, 2.05) is 0 Å². The van der Waals surface area contributed by atoms with Crippen LogP contribution < -0.4 is 5.32 Å². The molecular formula is C13H14Cl2FNO2. The van der Waals surface area contributed by atoms with Crippen molar-refractivity contribution in [2.24, 2.45) is 5.41 Å². The van der Waals surface area contributed by atoms with Crippen LogP contribution in [0.25, 0.3) is 0 Å². The number of aliphatic hydroxyl groups excluding tert-OH is 1. The molecule has 1 aliphatic rings. The van der Waals surface area contributed by atoms with E-state index in [4.69, 9.17) is 28.3 Å². The molecule has 3 nitrogen and oxygen atoms in total.